The molecule has 2 atom stereocenters. The summed E-state index contributed by atoms with van der Waals surface area (Å²) in [5, 5.41) is 0. The van der Waals surface area contributed by atoms with Gasteiger partial charge in [0.1, 0.15) is 35.4 Å². The minimum absolute atomic E-state index is 0.0211. The maximum atomic E-state index is 12.6. The number of hydrogen-bond donors (Lipinski definition) is 1. The van der Waals surface area contributed by atoms with E-state index >= 15 is 0 Å². The van der Waals surface area contributed by atoms with Crippen LogP contribution >= 0.6 is 0 Å². The van der Waals surface area contributed by atoms with Gasteiger partial charge in [-0.2, -0.15) is 0 Å². The van der Waals surface area contributed by atoms with Gasteiger partial charge in [-0.1, -0.05) is 6.07 Å². The topological polar surface area (TPSA) is 57.3 Å². The normalized spacial score (nSPS) is 19.1. The molecule has 0 amide bonds. The van der Waals surface area contributed by atoms with E-state index in [9.17, 15) is 4.79 Å². The molecule has 1 fully saturated rings. The summed E-state index contributed by atoms with van der Waals surface area (Å²) in [6, 6.07) is 13.7. The third kappa shape index (κ3) is 3.36. The Kier molecular flexibility index (Phi) is 5.05. The second kappa shape index (κ2) is 7.64. The van der Waals surface area contributed by atoms with Crippen molar-refractivity contribution in [3.63, 3.8) is 0 Å². The third-order valence-electron chi connectivity index (χ3n) is 5.64. The van der Waals surface area contributed by atoms with Crippen molar-refractivity contribution in [2.24, 2.45) is 0 Å². The standard InChI is InChI=1S/C22H25N3O3/c1-15-6-4-8-21-23-16(12-22(26)25(15)21)14-24-11-5-7-19(24)18-13-17(27-2)9-10-20(18)28-3/h4,6,8-10,12-13,19H,5,7,11,14H2,1-3H3/p+1/t19-/m0/s1. The fraction of sp³-hybridized carbons (Fsp3) is 0.364. The van der Waals surface area contributed by atoms with Crippen molar-refractivity contribution in [3.8, 4) is 11.5 Å². The molecule has 0 radical (unpaired) electrons. The Bertz CT molecular complexity index is 1060. The number of fused-ring (bicyclic) bond motifs is 1. The Morgan fingerprint density at radius 2 is 2.04 bits per heavy atom. The number of pyridine rings is 1. The highest BCUT2D eigenvalue weighted by molar-refractivity contribution is 5.42. The van der Waals surface area contributed by atoms with Gasteiger partial charge >= 0.3 is 0 Å². The molecule has 1 aromatic carbocycles. The highest BCUT2D eigenvalue weighted by atomic mass is 16.5. The van der Waals surface area contributed by atoms with Crippen LogP contribution in [0.2, 0.25) is 0 Å². The van der Waals surface area contributed by atoms with E-state index in [-0.39, 0.29) is 5.56 Å². The lowest BCUT2D eigenvalue weighted by Gasteiger charge is -2.23. The number of aromatic nitrogens is 2. The summed E-state index contributed by atoms with van der Waals surface area (Å²) in [4.78, 5) is 18.8. The third-order valence-corrected chi connectivity index (χ3v) is 5.64. The van der Waals surface area contributed by atoms with Crippen LogP contribution in [0.25, 0.3) is 5.65 Å². The monoisotopic (exact) mass is 380 g/mol. The number of ether oxygens (including phenoxy) is 2. The average Bonchev–Trinajstić information content (AvgIpc) is 3.15. The maximum Gasteiger partial charge on any atom is 0.258 e. The number of nitrogens with one attached hydrogen (secondary N) is 1. The first-order chi connectivity index (χ1) is 13.6. The molecular weight excluding hydrogens is 354 g/mol. The molecule has 28 heavy (non-hydrogen) atoms. The molecule has 4 rings (SSSR count). The van der Waals surface area contributed by atoms with Gasteiger partial charge in [0.25, 0.3) is 5.56 Å². The summed E-state index contributed by atoms with van der Waals surface area (Å²) in [7, 11) is 3.38. The maximum absolute atomic E-state index is 12.6. The van der Waals surface area contributed by atoms with Gasteiger partial charge in [-0.05, 0) is 37.3 Å². The lowest BCUT2D eigenvalue weighted by molar-refractivity contribution is -0.932. The zero-order valence-corrected chi connectivity index (χ0v) is 16.6. The molecule has 1 aliphatic rings. The van der Waals surface area contributed by atoms with E-state index in [0.717, 1.165) is 47.8 Å². The molecule has 6 heteroatoms. The Morgan fingerprint density at radius 3 is 2.82 bits per heavy atom. The van der Waals surface area contributed by atoms with Crippen LogP contribution in [0.3, 0.4) is 0 Å². The van der Waals surface area contributed by atoms with Gasteiger partial charge < -0.3 is 14.4 Å². The Balaban J connectivity index is 1.67. The molecule has 2 aromatic heterocycles. The minimum Gasteiger partial charge on any atom is -0.497 e. The van der Waals surface area contributed by atoms with Crippen molar-refractivity contribution < 1.29 is 14.4 Å². The van der Waals surface area contributed by atoms with Gasteiger partial charge in [0.15, 0.2) is 0 Å². The molecule has 6 nitrogen and oxygen atoms in total. The highest BCUT2D eigenvalue weighted by Crippen LogP contribution is 2.31. The fourth-order valence-electron chi connectivity index (χ4n) is 4.30. The highest BCUT2D eigenvalue weighted by Gasteiger charge is 2.33. The summed E-state index contributed by atoms with van der Waals surface area (Å²) >= 11 is 0. The number of rotatable bonds is 5. The van der Waals surface area contributed by atoms with Gasteiger partial charge in [-0.25, -0.2) is 4.98 Å². The molecule has 1 saturated heterocycles. The minimum atomic E-state index is -0.0211. The van der Waals surface area contributed by atoms with E-state index < -0.39 is 0 Å². The first-order valence-corrected chi connectivity index (χ1v) is 9.65. The van der Waals surface area contributed by atoms with E-state index in [2.05, 4.69) is 6.07 Å². The molecular formula is C22H26N3O3+. The lowest BCUT2D eigenvalue weighted by Crippen LogP contribution is -3.09. The predicted octanol–water partition coefficient (Wildman–Crippen LogP) is 1.94. The van der Waals surface area contributed by atoms with Crippen LogP contribution in [0.4, 0.5) is 0 Å². The number of methoxy groups -OCH3 is 2. The Morgan fingerprint density at radius 1 is 1.18 bits per heavy atom. The van der Waals surface area contributed by atoms with E-state index in [1.807, 2.05) is 37.3 Å². The molecule has 3 aromatic rings. The van der Waals surface area contributed by atoms with Gasteiger partial charge in [-0.3, -0.25) is 9.20 Å². The summed E-state index contributed by atoms with van der Waals surface area (Å²) in [5.41, 5.74) is 3.57. The fourth-order valence-corrected chi connectivity index (χ4v) is 4.30. The largest absolute Gasteiger partial charge is 0.497 e. The van der Waals surface area contributed by atoms with E-state index in [1.165, 1.54) is 4.90 Å². The van der Waals surface area contributed by atoms with Crippen LogP contribution in [-0.2, 0) is 6.54 Å². The Labute approximate surface area is 164 Å². The molecule has 0 spiro atoms. The van der Waals surface area contributed by atoms with Crippen molar-refractivity contribution in [1.82, 2.24) is 9.38 Å². The number of benzene rings is 1. The van der Waals surface area contributed by atoms with Crippen LogP contribution in [-0.4, -0.2) is 30.1 Å². The molecule has 1 aliphatic heterocycles. The van der Waals surface area contributed by atoms with E-state index in [4.69, 9.17) is 14.5 Å². The second-order valence-corrected chi connectivity index (χ2v) is 7.33. The SMILES string of the molecule is COc1ccc(OC)c([C@@H]2CCC[NH+]2Cc2cc(=O)n3c(C)cccc3n2)c1. The van der Waals surface area contributed by atoms with Crippen molar-refractivity contribution >= 4 is 5.65 Å². The molecule has 0 bridgehead atoms. The number of hydrogen-bond acceptors (Lipinski definition) is 4. The van der Waals surface area contributed by atoms with Gasteiger partial charge in [-0.15, -0.1) is 0 Å². The summed E-state index contributed by atoms with van der Waals surface area (Å²) in [6.07, 6.45) is 2.20. The molecule has 1 N–H and O–H groups in total. The van der Waals surface area contributed by atoms with Gasteiger partial charge in [0.2, 0.25) is 0 Å². The average molecular weight is 380 g/mol. The molecule has 146 valence electrons. The molecule has 3 heterocycles. The van der Waals surface area contributed by atoms with Crippen molar-refractivity contribution in [2.45, 2.75) is 32.4 Å². The smallest absolute Gasteiger partial charge is 0.258 e. The van der Waals surface area contributed by atoms with E-state index in [1.54, 1.807) is 24.7 Å². The molecule has 0 aliphatic carbocycles. The zero-order valence-electron chi connectivity index (χ0n) is 16.6. The Hall–Kier alpha value is -2.86. The predicted molar refractivity (Wildman–Crippen MR) is 107 cm³/mol. The quantitative estimate of drug-likeness (QED) is 0.735. The van der Waals surface area contributed by atoms with E-state index in [0.29, 0.717) is 18.2 Å². The van der Waals surface area contributed by atoms with Crippen LogP contribution in [0.5, 0.6) is 11.5 Å². The van der Waals surface area contributed by atoms with Crippen LogP contribution < -0.4 is 19.9 Å². The number of likely N-dealkylation sites (tertiary alicyclic amines) is 1. The first kappa shape index (κ1) is 18.5. The first-order valence-electron chi connectivity index (χ1n) is 9.65. The molecule has 1 unspecified atom stereocenters. The lowest BCUT2D eigenvalue weighted by atomic mass is 10.0. The molecule has 0 saturated carbocycles. The number of nitrogens with zero attached hydrogens (tertiary/aromatic N) is 2. The van der Waals surface area contributed by atoms with Crippen LogP contribution in [0.15, 0.2) is 47.3 Å². The zero-order chi connectivity index (χ0) is 19.7. The summed E-state index contributed by atoms with van der Waals surface area (Å²) in [6.45, 7) is 3.68. The number of aryl methyl sites for hydroxylation is 1. The summed E-state index contributed by atoms with van der Waals surface area (Å²) < 4.78 is 12.7. The second-order valence-electron chi connectivity index (χ2n) is 7.33. The van der Waals surface area contributed by atoms with Gasteiger partial charge in [0, 0.05) is 24.6 Å². The van der Waals surface area contributed by atoms with Crippen molar-refractivity contribution in [3.05, 3.63) is 69.8 Å². The van der Waals surface area contributed by atoms with Crippen LogP contribution in [0, 0.1) is 6.92 Å². The van der Waals surface area contributed by atoms with Crippen molar-refractivity contribution in [2.75, 3.05) is 20.8 Å². The summed E-state index contributed by atoms with van der Waals surface area (Å²) in [5.74, 6) is 1.71. The van der Waals surface area contributed by atoms with Crippen molar-refractivity contribution in [1.29, 1.82) is 0 Å². The number of quaternary nitrogens is 1. The van der Waals surface area contributed by atoms with Crippen LogP contribution in [0.1, 0.15) is 35.8 Å². The van der Waals surface area contributed by atoms with Gasteiger partial charge in [0.05, 0.1) is 26.3 Å².